The lowest BCUT2D eigenvalue weighted by Crippen LogP contribution is -2.41. The maximum Gasteiger partial charge on any atom is 0.265 e. The first-order valence-corrected chi connectivity index (χ1v) is 11.0. The van der Waals surface area contributed by atoms with Crippen molar-refractivity contribution in [1.82, 2.24) is 4.90 Å². The van der Waals surface area contributed by atoms with Crippen LogP contribution in [0.1, 0.15) is 41.3 Å². The molecular weight excluding hydrogens is 400 g/mol. The molecule has 3 aromatic carbocycles. The smallest absolute Gasteiger partial charge is 0.265 e. The van der Waals surface area contributed by atoms with Crippen LogP contribution >= 0.6 is 0 Å². The van der Waals surface area contributed by atoms with E-state index in [9.17, 15) is 14.7 Å². The van der Waals surface area contributed by atoms with Gasteiger partial charge in [0.25, 0.3) is 11.8 Å². The molecular formula is C27H28N2O3. The second kappa shape index (κ2) is 9.37. The van der Waals surface area contributed by atoms with Crippen molar-refractivity contribution < 1.29 is 14.7 Å². The Balaban J connectivity index is 1.55. The number of benzene rings is 3. The summed E-state index contributed by atoms with van der Waals surface area (Å²) in [6, 6.07) is 24.6. The van der Waals surface area contributed by atoms with E-state index in [1.165, 1.54) is 0 Å². The average molecular weight is 429 g/mol. The van der Waals surface area contributed by atoms with E-state index in [0.29, 0.717) is 28.3 Å². The number of anilines is 1. The SMILES string of the molecule is CC1CCCN(C(=O)c2ccc(NC(=O)C(O)(c3ccccc3)c3ccccc3)cc2)C1. The Morgan fingerprint density at radius 3 is 2.00 bits per heavy atom. The molecule has 3 aromatic rings. The van der Waals surface area contributed by atoms with E-state index in [1.54, 1.807) is 72.8 Å². The fourth-order valence-corrected chi connectivity index (χ4v) is 4.26. The highest BCUT2D eigenvalue weighted by atomic mass is 16.3. The Kier molecular flexibility index (Phi) is 6.37. The van der Waals surface area contributed by atoms with Crippen LogP contribution in [0.15, 0.2) is 84.9 Å². The molecule has 0 saturated carbocycles. The van der Waals surface area contributed by atoms with Crippen LogP contribution in [0.4, 0.5) is 5.69 Å². The highest BCUT2D eigenvalue weighted by Gasteiger charge is 2.39. The van der Waals surface area contributed by atoms with Crippen LogP contribution in [0.5, 0.6) is 0 Å². The zero-order chi connectivity index (χ0) is 22.6. The third-order valence-electron chi connectivity index (χ3n) is 6.05. The summed E-state index contributed by atoms with van der Waals surface area (Å²) in [7, 11) is 0. The first-order valence-electron chi connectivity index (χ1n) is 11.0. The molecule has 32 heavy (non-hydrogen) atoms. The molecule has 1 unspecified atom stereocenters. The minimum atomic E-state index is -1.85. The average Bonchev–Trinajstić information content (AvgIpc) is 2.84. The summed E-state index contributed by atoms with van der Waals surface area (Å²) >= 11 is 0. The van der Waals surface area contributed by atoms with Crippen LogP contribution < -0.4 is 5.32 Å². The molecule has 2 amide bonds. The van der Waals surface area contributed by atoms with E-state index in [2.05, 4.69) is 12.2 Å². The largest absolute Gasteiger partial charge is 0.372 e. The molecule has 5 nitrogen and oxygen atoms in total. The minimum absolute atomic E-state index is 0.0134. The van der Waals surface area contributed by atoms with Crippen molar-refractivity contribution in [2.24, 2.45) is 5.92 Å². The van der Waals surface area contributed by atoms with Gasteiger partial charge in [-0.25, -0.2) is 0 Å². The van der Waals surface area contributed by atoms with Crippen molar-refractivity contribution in [2.75, 3.05) is 18.4 Å². The number of aliphatic hydroxyl groups is 1. The number of nitrogens with zero attached hydrogens (tertiary/aromatic N) is 1. The zero-order valence-electron chi connectivity index (χ0n) is 18.2. The third-order valence-corrected chi connectivity index (χ3v) is 6.05. The molecule has 0 bridgehead atoms. The lowest BCUT2D eigenvalue weighted by Gasteiger charge is -2.31. The summed E-state index contributed by atoms with van der Waals surface area (Å²) in [6.45, 7) is 3.72. The summed E-state index contributed by atoms with van der Waals surface area (Å²) < 4.78 is 0. The van der Waals surface area contributed by atoms with Gasteiger partial charge in [-0.05, 0) is 54.2 Å². The van der Waals surface area contributed by atoms with Crippen molar-refractivity contribution in [3.05, 3.63) is 102 Å². The number of piperidine rings is 1. The van der Waals surface area contributed by atoms with E-state index in [-0.39, 0.29) is 5.91 Å². The van der Waals surface area contributed by atoms with Gasteiger partial charge in [-0.1, -0.05) is 67.6 Å². The standard InChI is InChI=1S/C27H28N2O3/c1-20-9-8-18-29(19-20)25(30)21-14-16-24(17-15-21)28-26(31)27(32,22-10-4-2-5-11-22)23-12-6-3-7-13-23/h2-7,10-17,20,32H,8-9,18-19H2,1H3,(H,28,31). The maximum absolute atomic E-state index is 13.3. The zero-order valence-corrected chi connectivity index (χ0v) is 18.2. The number of amides is 2. The molecule has 0 aromatic heterocycles. The fraction of sp³-hybridized carbons (Fsp3) is 0.259. The quantitative estimate of drug-likeness (QED) is 0.632. The van der Waals surface area contributed by atoms with E-state index in [4.69, 9.17) is 0 Å². The van der Waals surface area contributed by atoms with Crippen LogP contribution in [-0.2, 0) is 10.4 Å². The van der Waals surface area contributed by atoms with Crippen molar-refractivity contribution in [3.63, 3.8) is 0 Å². The molecule has 1 saturated heterocycles. The molecule has 0 spiro atoms. The molecule has 164 valence electrons. The highest BCUT2D eigenvalue weighted by Crippen LogP contribution is 2.31. The Bertz CT molecular complexity index is 1030. The van der Waals surface area contributed by atoms with E-state index in [0.717, 1.165) is 25.9 Å². The molecule has 0 aliphatic carbocycles. The molecule has 1 fully saturated rings. The predicted molar refractivity (Wildman–Crippen MR) is 125 cm³/mol. The van der Waals surface area contributed by atoms with Gasteiger partial charge in [0.2, 0.25) is 0 Å². The van der Waals surface area contributed by atoms with E-state index in [1.807, 2.05) is 17.0 Å². The molecule has 1 atom stereocenters. The van der Waals surface area contributed by atoms with Crippen LogP contribution in [0, 0.1) is 5.92 Å². The van der Waals surface area contributed by atoms with Crippen molar-refractivity contribution >= 4 is 17.5 Å². The summed E-state index contributed by atoms with van der Waals surface area (Å²) in [5, 5.41) is 14.4. The van der Waals surface area contributed by atoms with Gasteiger partial charge < -0.3 is 15.3 Å². The lowest BCUT2D eigenvalue weighted by atomic mass is 9.85. The second-order valence-electron chi connectivity index (χ2n) is 8.47. The topological polar surface area (TPSA) is 69.6 Å². The number of nitrogens with one attached hydrogen (secondary N) is 1. The summed E-state index contributed by atoms with van der Waals surface area (Å²) in [5.41, 5.74) is 0.229. The first kappa shape index (κ1) is 21.8. The molecule has 2 N–H and O–H groups in total. The first-order chi connectivity index (χ1) is 15.5. The molecule has 1 aliphatic heterocycles. The van der Waals surface area contributed by atoms with Crippen LogP contribution in [0.25, 0.3) is 0 Å². The maximum atomic E-state index is 13.3. The fourth-order valence-electron chi connectivity index (χ4n) is 4.26. The van der Waals surface area contributed by atoms with Gasteiger partial charge in [-0.3, -0.25) is 9.59 Å². The van der Waals surface area contributed by atoms with Crippen LogP contribution in [0.3, 0.4) is 0 Å². The number of hydrogen-bond donors (Lipinski definition) is 2. The number of likely N-dealkylation sites (tertiary alicyclic amines) is 1. The van der Waals surface area contributed by atoms with Crippen LogP contribution in [0.2, 0.25) is 0 Å². The molecule has 0 radical (unpaired) electrons. The number of hydrogen-bond acceptors (Lipinski definition) is 3. The van der Waals surface area contributed by atoms with Gasteiger partial charge in [0.15, 0.2) is 5.60 Å². The third kappa shape index (κ3) is 4.43. The van der Waals surface area contributed by atoms with Crippen molar-refractivity contribution in [2.45, 2.75) is 25.4 Å². The van der Waals surface area contributed by atoms with Gasteiger partial charge >= 0.3 is 0 Å². The van der Waals surface area contributed by atoms with Gasteiger partial charge in [-0.2, -0.15) is 0 Å². The second-order valence-corrected chi connectivity index (χ2v) is 8.47. The highest BCUT2D eigenvalue weighted by molar-refractivity contribution is 6.01. The van der Waals surface area contributed by atoms with Gasteiger partial charge in [0, 0.05) is 24.3 Å². The number of rotatable bonds is 5. The molecule has 1 heterocycles. The monoisotopic (exact) mass is 428 g/mol. The van der Waals surface area contributed by atoms with Crippen LogP contribution in [-0.4, -0.2) is 34.9 Å². The normalized spacial score (nSPS) is 16.4. The Morgan fingerprint density at radius 2 is 1.47 bits per heavy atom. The Hall–Kier alpha value is -3.44. The van der Waals surface area contributed by atoms with Gasteiger partial charge in [-0.15, -0.1) is 0 Å². The summed E-state index contributed by atoms with van der Waals surface area (Å²) in [4.78, 5) is 28.0. The Labute approximate surface area is 188 Å². The number of carbonyl (C=O) groups is 2. The Morgan fingerprint density at radius 1 is 0.906 bits per heavy atom. The minimum Gasteiger partial charge on any atom is -0.372 e. The van der Waals surface area contributed by atoms with E-state index >= 15 is 0 Å². The van der Waals surface area contributed by atoms with E-state index < -0.39 is 11.5 Å². The lowest BCUT2D eigenvalue weighted by molar-refractivity contribution is -0.131. The van der Waals surface area contributed by atoms with Gasteiger partial charge in [0.05, 0.1) is 0 Å². The summed E-state index contributed by atoms with van der Waals surface area (Å²) in [6.07, 6.45) is 2.18. The molecule has 5 heteroatoms. The summed E-state index contributed by atoms with van der Waals surface area (Å²) in [5.74, 6) is -0.0294. The number of carbonyl (C=O) groups excluding carboxylic acids is 2. The molecule has 4 rings (SSSR count). The van der Waals surface area contributed by atoms with Crippen molar-refractivity contribution in [3.8, 4) is 0 Å². The molecule has 1 aliphatic rings. The predicted octanol–water partition coefficient (Wildman–Crippen LogP) is 4.43. The van der Waals surface area contributed by atoms with Gasteiger partial charge in [0.1, 0.15) is 0 Å². The van der Waals surface area contributed by atoms with Crippen molar-refractivity contribution in [1.29, 1.82) is 0 Å².